The van der Waals surface area contributed by atoms with E-state index in [1.807, 2.05) is 6.26 Å². The fourth-order valence-corrected chi connectivity index (χ4v) is 3.47. The average Bonchev–Trinajstić information content (AvgIpc) is 2.33. The normalized spacial score (nSPS) is 22.3. The van der Waals surface area contributed by atoms with Gasteiger partial charge in [-0.2, -0.15) is 11.8 Å². The van der Waals surface area contributed by atoms with Gasteiger partial charge < -0.3 is 10.6 Å². The van der Waals surface area contributed by atoms with Crippen molar-refractivity contribution in [2.24, 2.45) is 5.73 Å². The Morgan fingerprint density at radius 3 is 2.84 bits per heavy atom. The SMILES string of the molecule is CSCC[C@@H](N)C(=O)N1CCCC(NS(C)(=O)=O)C1. The third-order valence-corrected chi connectivity index (χ3v) is 4.47. The van der Waals surface area contributed by atoms with Crippen LogP contribution in [0.15, 0.2) is 0 Å². The number of hydrogen-bond donors (Lipinski definition) is 2. The molecule has 0 saturated carbocycles. The molecule has 1 saturated heterocycles. The van der Waals surface area contributed by atoms with Crippen molar-refractivity contribution in [2.75, 3.05) is 31.4 Å². The molecule has 19 heavy (non-hydrogen) atoms. The van der Waals surface area contributed by atoms with Crippen molar-refractivity contribution in [2.45, 2.75) is 31.3 Å². The molecule has 1 amide bonds. The molecule has 1 fully saturated rings. The number of sulfonamides is 1. The number of nitrogens with one attached hydrogen (secondary N) is 1. The molecular weight excluding hydrogens is 286 g/mol. The summed E-state index contributed by atoms with van der Waals surface area (Å²) in [4.78, 5) is 13.8. The van der Waals surface area contributed by atoms with Crippen LogP contribution in [0.3, 0.4) is 0 Å². The van der Waals surface area contributed by atoms with Crippen LogP contribution in [0, 0.1) is 0 Å². The molecule has 1 aliphatic heterocycles. The maximum absolute atomic E-state index is 12.1. The molecule has 0 aliphatic carbocycles. The van der Waals surface area contributed by atoms with E-state index >= 15 is 0 Å². The lowest BCUT2D eigenvalue weighted by molar-refractivity contribution is -0.133. The van der Waals surface area contributed by atoms with Crippen LogP contribution in [0.5, 0.6) is 0 Å². The molecule has 0 aromatic carbocycles. The molecule has 6 nitrogen and oxygen atoms in total. The molecule has 1 aliphatic rings. The summed E-state index contributed by atoms with van der Waals surface area (Å²) in [6, 6.07) is -0.676. The second-order valence-corrected chi connectivity index (χ2v) is 7.67. The highest BCUT2D eigenvalue weighted by atomic mass is 32.2. The quantitative estimate of drug-likeness (QED) is 0.697. The Morgan fingerprint density at radius 2 is 2.26 bits per heavy atom. The summed E-state index contributed by atoms with van der Waals surface area (Å²) >= 11 is 1.66. The van der Waals surface area contributed by atoms with Crippen LogP contribution in [0.4, 0.5) is 0 Å². The summed E-state index contributed by atoms with van der Waals surface area (Å²) in [5.41, 5.74) is 5.86. The van der Waals surface area contributed by atoms with E-state index in [4.69, 9.17) is 5.73 Å². The molecule has 1 rings (SSSR count). The van der Waals surface area contributed by atoms with Gasteiger partial charge in [0.2, 0.25) is 15.9 Å². The number of likely N-dealkylation sites (tertiary alicyclic amines) is 1. The Balaban J connectivity index is 2.52. The molecular formula is C11H23N3O3S2. The minimum absolute atomic E-state index is 0.0750. The van der Waals surface area contributed by atoms with Crippen LogP contribution in [0.2, 0.25) is 0 Å². The Morgan fingerprint density at radius 1 is 1.58 bits per heavy atom. The number of hydrogen-bond acceptors (Lipinski definition) is 5. The highest BCUT2D eigenvalue weighted by Crippen LogP contribution is 2.13. The predicted molar refractivity (Wildman–Crippen MR) is 78.6 cm³/mol. The number of rotatable bonds is 6. The van der Waals surface area contributed by atoms with Crippen LogP contribution in [0.1, 0.15) is 19.3 Å². The van der Waals surface area contributed by atoms with Crippen LogP contribution in [-0.2, 0) is 14.8 Å². The topological polar surface area (TPSA) is 92.5 Å². The van der Waals surface area contributed by atoms with Gasteiger partial charge in [0.05, 0.1) is 12.3 Å². The van der Waals surface area contributed by atoms with Gasteiger partial charge >= 0.3 is 0 Å². The first-order valence-electron chi connectivity index (χ1n) is 6.34. The summed E-state index contributed by atoms with van der Waals surface area (Å²) in [5, 5.41) is 0. The van der Waals surface area contributed by atoms with E-state index < -0.39 is 16.1 Å². The van der Waals surface area contributed by atoms with Gasteiger partial charge in [-0.1, -0.05) is 0 Å². The number of piperidine rings is 1. The van der Waals surface area contributed by atoms with Crippen LogP contribution >= 0.6 is 11.8 Å². The predicted octanol–water partition coefficient (Wildman–Crippen LogP) is -0.393. The number of nitrogens with zero attached hydrogens (tertiary/aromatic N) is 1. The smallest absolute Gasteiger partial charge is 0.239 e. The lowest BCUT2D eigenvalue weighted by Gasteiger charge is -2.34. The van der Waals surface area contributed by atoms with Crippen molar-refractivity contribution in [3.8, 4) is 0 Å². The van der Waals surface area contributed by atoms with Gasteiger partial charge in [-0.05, 0) is 31.3 Å². The van der Waals surface area contributed by atoms with Crippen molar-refractivity contribution in [3.05, 3.63) is 0 Å². The average molecular weight is 309 g/mol. The van der Waals surface area contributed by atoms with E-state index in [1.54, 1.807) is 16.7 Å². The van der Waals surface area contributed by atoms with Crippen molar-refractivity contribution in [3.63, 3.8) is 0 Å². The molecule has 112 valence electrons. The van der Waals surface area contributed by atoms with Crippen molar-refractivity contribution in [1.29, 1.82) is 0 Å². The van der Waals surface area contributed by atoms with E-state index in [0.29, 0.717) is 19.5 Å². The number of carbonyl (C=O) groups is 1. The molecule has 2 atom stereocenters. The van der Waals surface area contributed by atoms with Gasteiger partial charge in [-0.25, -0.2) is 13.1 Å². The molecule has 1 unspecified atom stereocenters. The first-order chi connectivity index (χ1) is 8.83. The van der Waals surface area contributed by atoms with Gasteiger partial charge in [0.1, 0.15) is 0 Å². The van der Waals surface area contributed by atoms with Crippen molar-refractivity contribution in [1.82, 2.24) is 9.62 Å². The monoisotopic (exact) mass is 309 g/mol. The Bertz CT molecular complexity index is 400. The van der Waals surface area contributed by atoms with Crippen molar-refractivity contribution < 1.29 is 13.2 Å². The van der Waals surface area contributed by atoms with E-state index in [9.17, 15) is 13.2 Å². The summed E-state index contributed by atoms with van der Waals surface area (Å²) in [5.74, 6) is 0.778. The molecule has 0 radical (unpaired) electrons. The maximum Gasteiger partial charge on any atom is 0.239 e. The van der Waals surface area contributed by atoms with E-state index in [2.05, 4.69) is 4.72 Å². The van der Waals surface area contributed by atoms with Gasteiger partial charge in [0, 0.05) is 19.1 Å². The summed E-state index contributed by atoms with van der Waals surface area (Å²) in [6.07, 6.45) is 5.33. The van der Waals surface area contributed by atoms with Gasteiger partial charge in [-0.3, -0.25) is 4.79 Å². The van der Waals surface area contributed by atoms with E-state index in [1.165, 1.54) is 0 Å². The summed E-state index contributed by atoms with van der Waals surface area (Å²) in [6.45, 7) is 1.08. The maximum atomic E-state index is 12.1. The minimum Gasteiger partial charge on any atom is -0.340 e. The van der Waals surface area contributed by atoms with Gasteiger partial charge in [0.15, 0.2) is 0 Å². The standard InChI is InChI=1S/C11H23N3O3S2/c1-18-7-5-10(12)11(15)14-6-3-4-9(8-14)13-19(2,16)17/h9-10,13H,3-8,12H2,1-2H3/t9?,10-/m1/s1. The largest absolute Gasteiger partial charge is 0.340 e. The second kappa shape index (κ2) is 7.47. The number of carbonyl (C=O) groups excluding carboxylic acids is 1. The zero-order valence-corrected chi connectivity index (χ0v) is 13.1. The third kappa shape index (κ3) is 6.11. The molecule has 0 aromatic heterocycles. The number of thioether (sulfide) groups is 1. The molecule has 8 heteroatoms. The highest BCUT2D eigenvalue weighted by molar-refractivity contribution is 7.98. The van der Waals surface area contributed by atoms with Crippen LogP contribution in [-0.4, -0.2) is 62.7 Å². The molecule has 3 N–H and O–H groups in total. The highest BCUT2D eigenvalue weighted by Gasteiger charge is 2.28. The molecule has 0 spiro atoms. The zero-order chi connectivity index (χ0) is 14.5. The molecule has 0 aromatic rings. The second-order valence-electron chi connectivity index (χ2n) is 4.90. The third-order valence-electron chi connectivity index (χ3n) is 3.06. The minimum atomic E-state index is -3.23. The fourth-order valence-electron chi connectivity index (χ4n) is 2.18. The Kier molecular flexibility index (Phi) is 6.58. The first-order valence-corrected chi connectivity index (χ1v) is 9.62. The lowest BCUT2D eigenvalue weighted by atomic mass is 10.1. The molecule has 0 bridgehead atoms. The Hall–Kier alpha value is -0.310. The molecule has 1 heterocycles. The summed E-state index contributed by atoms with van der Waals surface area (Å²) in [7, 11) is -3.23. The first kappa shape index (κ1) is 16.7. The summed E-state index contributed by atoms with van der Waals surface area (Å²) < 4.78 is 25.0. The zero-order valence-electron chi connectivity index (χ0n) is 11.5. The fraction of sp³-hybridized carbons (Fsp3) is 0.909. The Labute approximate surface area is 119 Å². The lowest BCUT2D eigenvalue weighted by Crippen LogP contribution is -2.53. The van der Waals surface area contributed by atoms with E-state index in [-0.39, 0.29) is 11.9 Å². The van der Waals surface area contributed by atoms with E-state index in [0.717, 1.165) is 24.9 Å². The number of amides is 1. The van der Waals surface area contributed by atoms with Crippen LogP contribution in [0.25, 0.3) is 0 Å². The van der Waals surface area contributed by atoms with Gasteiger partial charge in [0.25, 0.3) is 0 Å². The number of nitrogens with two attached hydrogens (primary N) is 1. The van der Waals surface area contributed by atoms with Crippen LogP contribution < -0.4 is 10.5 Å². The van der Waals surface area contributed by atoms with Gasteiger partial charge in [-0.15, -0.1) is 0 Å². The van der Waals surface area contributed by atoms with Crippen molar-refractivity contribution >= 4 is 27.7 Å².